The molecule has 2 aromatic heterocycles. The summed E-state index contributed by atoms with van der Waals surface area (Å²) in [6, 6.07) is 2.20. The molecular weight excluding hydrogens is 290 g/mol. The van der Waals surface area contributed by atoms with Crippen LogP contribution < -0.4 is 0 Å². The summed E-state index contributed by atoms with van der Waals surface area (Å²) in [6.45, 7) is 11.0. The van der Waals surface area contributed by atoms with Gasteiger partial charge in [0, 0.05) is 24.0 Å². The number of hydrogen-bond donors (Lipinski definition) is 0. The van der Waals surface area contributed by atoms with Crippen LogP contribution in [-0.2, 0) is 11.2 Å². The summed E-state index contributed by atoms with van der Waals surface area (Å²) in [6.07, 6.45) is 3.29. The van der Waals surface area contributed by atoms with Crippen molar-refractivity contribution in [1.29, 1.82) is 0 Å². The lowest BCUT2D eigenvalue weighted by molar-refractivity contribution is -0.132. The topological polar surface area (TPSA) is 63.4 Å². The monoisotopic (exact) mass is 317 g/mol. The SMILES string of the molecule is CCCCN(C(=O)Cc1nc2nc(C)cc(C)n2n1)[C@H](C)CC. The molecule has 1 amide bonds. The number of aromatic nitrogens is 4. The highest BCUT2D eigenvalue weighted by molar-refractivity contribution is 5.78. The van der Waals surface area contributed by atoms with Crippen molar-refractivity contribution in [2.75, 3.05) is 6.54 Å². The Kier molecular flexibility index (Phi) is 5.69. The highest BCUT2D eigenvalue weighted by Crippen LogP contribution is 2.10. The van der Waals surface area contributed by atoms with E-state index in [0.717, 1.165) is 37.2 Å². The Bertz CT molecular complexity index is 679. The molecule has 2 heterocycles. The first kappa shape index (κ1) is 17.4. The second-order valence-electron chi connectivity index (χ2n) is 6.15. The van der Waals surface area contributed by atoms with Crippen LogP contribution in [0.2, 0.25) is 0 Å². The van der Waals surface area contributed by atoms with E-state index in [1.807, 2.05) is 24.8 Å². The minimum atomic E-state index is 0.0954. The van der Waals surface area contributed by atoms with Crippen LogP contribution in [0.5, 0.6) is 0 Å². The normalized spacial score (nSPS) is 12.6. The molecule has 0 aromatic carbocycles. The van der Waals surface area contributed by atoms with E-state index in [-0.39, 0.29) is 18.4 Å². The molecule has 1 atom stereocenters. The lowest BCUT2D eigenvalue weighted by Gasteiger charge is -2.28. The van der Waals surface area contributed by atoms with Crippen molar-refractivity contribution in [1.82, 2.24) is 24.5 Å². The Morgan fingerprint density at radius 1 is 1.30 bits per heavy atom. The maximum Gasteiger partial charge on any atom is 0.252 e. The third-order valence-corrected chi connectivity index (χ3v) is 4.17. The van der Waals surface area contributed by atoms with Crippen LogP contribution in [-0.4, -0.2) is 43.0 Å². The molecule has 2 rings (SSSR count). The lowest BCUT2D eigenvalue weighted by Crippen LogP contribution is -2.40. The summed E-state index contributed by atoms with van der Waals surface area (Å²) >= 11 is 0. The second-order valence-corrected chi connectivity index (χ2v) is 6.15. The molecule has 0 bridgehead atoms. The first-order chi connectivity index (χ1) is 11.0. The van der Waals surface area contributed by atoms with Crippen molar-refractivity contribution in [2.24, 2.45) is 0 Å². The van der Waals surface area contributed by atoms with Crippen molar-refractivity contribution in [3.63, 3.8) is 0 Å². The molecule has 0 spiro atoms. The van der Waals surface area contributed by atoms with Gasteiger partial charge in [0.05, 0.1) is 6.42 Å². The number of carbonyl (C=O) groups is 1. The highest BCUT2D eigenvalue weighted by atomic mass is 16.2. The average molecular weight is 317 g/mol. The van der Waals surface area contributed by atoms with Gasteiger partial charge >= 0.3 is 0 Å². The first-order valence-corrected chi connectivity index (χ1v) is 8.45. The molecule has 0 unspecified atom stereocenters. The lowest BCUT2D eigenvalue weighted by atomic mass is 10.1. The minimum absolute atomic E-state index is 0.0954. The fourth-order valence-corrected chi connectivity index (χ4v) is 2.66. The highest BCUT2D eigenvalue weighted by Gasteiger charge is 2.20. The second kappa shape index (κ2) is 7.53. The zero-order valence-electron chi connectivity index (χ0n) is 14.8. The molecule has 0 N–H and O–H groups in total. The van der Waals surface area contributed by atoms with E-state index in [1.165, 1.54) is 0 Å². The van der Waals surface area contributed by atoms with Crippen LogP contribution in [0.15, 0.2) is 6.07 Å². The van der Waals surface area contributed by atoms with Gasteiger partial charge in [-0.05, 0) is 39.7 Å². The van der Waals surface area contributed by atoms with Gasteiger partial charge in [0.2, 0.25) is 5.91 Å². The number of rotatable bonds is 7. The fraction of sp³-hybridized carbons (Fsp3) is 0.647. The van der Waals surface area contributed by atoms with E-state index >= 15 is 0 Å². The van der Waals surface area contributed by atoms with Crippen molar-refractivity contribution in [2.45, 2.75) is 66.3 Å². The molecule has 6 heteroatoms. The van der Waals surface area contributed by atoms with Crippen molar-refractivity contribution < 1.29 is 4.79 Å². The molecule has 23 heavy (non-hydrogen) atoms. The molecule has 0 aliphatic rings. The van der Waals surface area contributed by atoms with E-state index in [2.05, 4.69) is 35.8 Å². The van der Waals surface area contributed by atoms with Crippen LogP contribution in [0.3, 0.4) is 0 Å². The van der Waals surface area contributed by atoms with E-state index in [9.17, 15) is 4.79 Å². The van der Waals surface area contributed by atoms with Gasteiger partial charge in [-0.2, -0.15) is 4.98 Å². The molecule has 6 nitrogen and oxygen atoms in total. The van der Waals surface area contributed by atoms with Crippen LogP contribution in [0.25, 0.3) is 5.78 Å². The maximum absolute atomic E-state index is 12.7. The van der Waals surface area contributed by atoms with Crippen LogP contribution in [0.4, 0.5) is 0 Å². The summed E-state index contributed by atoms with van der Waals surface area (Å²) in [5.74, 6) is 1.20. The van der Waals surface area contributed by atoms with Crippen LogP contribution in [0.1, 0.15) is 57.2 Å². The molecular formula is C17H27N5O. The number of nitrogens with zero attached hydrogens (tertiary/aromatic N) is 5. The van der Waals surface area contributed by atoms with E-state index in [4.69, 9.17) is 0 Å². The number of hydrogen-bond acceptors (Lipinski definition) is 4. The smallest absolute Gasteiger partial charge is 0.252 e. The summed E-state index contributed by atoms with van der Waals surface area (Å²) in [4.78, 5) is 23.4. The summed E-state index contributed by atoms with van der Waals surface area (Å²) in [7, 11) is 0. The summed E-state index contributed by atoms with van der Waals surface area (Å²) in [5, 5.41) is 4.44. The van der Waals surface area contributed by atoms with Crippen LogP contribution in [0, 0.1) is 13.8 Å². The number of aryl methyl sites for hydroxylation is 2. The van der Waals surface area contributed by atoms with E-state index < -0.39 is 0 Å². The van der Waals surface area contributed by atoms with Gasteiger partial charge in [-0.25, -0.2) is 9.50 Å². The third-order valence-electron chi connectivity index (χ3n) is 4.17. The molecule has 0 aliphatic heterocycles. The molecule has 0 aliphatic carbocycles. The largest absolute Gasteiger partial charge is 0.340 e. The first-order valence-electron chi connectivity index (χ1n) is 8.45. The summed E-state index contributed by atoms with van der Waals surface area (Å²) < 4.78 is 1.70. The van der Waals surface area contributed by atoms with Crippen LogP contribution >= 0.6 is 0 Å². The van der Waals surface area contributed by atoms with Gasteiger partial charge in [-0.1, -0.05) is 20.3 Å². The zero-order chi connectivity index (χ0) is 17.0. The Morgan fingerprint density at radius 3 is 2.70 bits per heavy atom. The Labute approximate surface area is 137 Å². The predicted octanol–water partition coefficient (Wildman–Crippen LogP) is 2.71. The van der Waals surface area contributed by atoms with Crippen molar-refractivity contribution in [3.05, 3.63) is 23.3 Å². The van der Waals surface area contributed by atoms with Gasteiger partial charge in [0.1, 0.15) is 0 Å². The van der Waals surface area contributed by atoms with Crippen molar-refractivity contribution in [3.8, 4) is 0 Å². The third kappa shape index (κ3) is 4.06. The molecule has 0 radical (unpaired) electrons. The molecule has 126 valence electrons. The van der Waals surface area contributed by atoms with Gasteiger partial charge in [-0.15, -0.1) is 5.10 Å². The van der Waals surface area contributed by atoms with E-state index in [0.29, 0.717) is 11.6 Å². The summed E-state index contributed by atoms with van der Waals surface area (Å²) in [5.41, 5.74) is 1.88. The van der Waals surface area contributed by atoms with Crippen molar-refractivity contribution >= 4 is 11.7 Å². The Balaban J connectivity index is 2.19. The average Bonchev–Trinajstić information content (AvgIpc) is 2.89. The molecule has 0 saturated heterocycles. The Hall–Kier alpha value is -1.98. The van der Waals surface area contributed by atoms with Gasteiger partial charge in [0.25, 0.3) is 5.78 Å². The standard InChI is InChI=1S/C17H27N5O/c1-6-8-9-21(13(4)7-2)16(23)11-15-19-17-18-12(3)10-14(5)22(17)20-15/h10,13H,6-9,11H2,1-5H3/t13-/m1/s1. The molecule has 0 saturated carbocycles. The molecule has 2 aromatic rings. The maximum atomic E-state index is 12.7. The number of fused-ring (bicyclic) bond motifs is 1. The fourth-order valence-electron chi connectivity index (χ4n) is 2.66. The quantitative estimate of drug-likeness (QED) is 0.787. The van der Waals surface area contributed by atoms with E-state index in [1.54, 1.807) is 4.52 Å². The minimum Gasteiger partial charge on any atom is -0.340 e. The Morgan fingerprint density at radius 2 is 2.04 bits per heavy atom. The number of amides is 1. The molecule has 0 fully saturated rings. The van der Waals surface area contributed by atoms with Gasteiger partial charge in [-0.3, -0.25) is 4.79 Å². The zero-order valence-corrected chi connectivity index (χ0v) is 14.8. The van der Waals surface area contributed by atoms with Gasteiger partial charge < -0.3 is 4.90 Å². The number of unbranched alkanes of at least 4 members (excludes halogenated alkanes) is 1. The van der Waals surface area contributed by atoms with Gasteiger partial charge in [0.15, 0.2) is 5.82 Å². The number of carbonyl (C=O) groups excluding carboxylic acids is 1. The predicted molar refractivity (Wildman–Crippen MR) is 90.3 cm³/mol.